The monoisotopic (exact) mass is 372 g/mol. The Morgan fingerprint density at radius 3 is 2.22 bits per heavy atom. The lowest BCUT2D eigenvalue weighted by atomic mass is 10.1. The number of alkyl halides is 3. The van der Waals surface area contributed by atoms with E-state index < -0.39 is 28.9 Å². The number of halogens is 4. The summed E-state index contributed by atoms with van der Waals surface area (Å²) in [5, 5.41) is 0. The zero-order valence-electron chi connectivity index (χ0n) is 10.1. The van der Waals surface area contributed by atoms with Gasteiger partial charge in [0.05, 0.1) is 11.1 Å². The van der Waals surface area contributed by atoms with E-state index in [-0.39, 0.29) is 0 Å². The second-order valence-corrected chi connectivity index (χ2v) is 5.94. The van der Waals surface area contributed by atoms with Gasteiger partial charge in [-0.1, -0.05) is 0 Å². The molecule has 0 aliphatic carbocycles. The van der Waals surface area contributed by atoms with Crippen molar-refractivity contribution in [3.63, 3.8) is 0 Å². The van der Waals surface area contributed by atoms with Crippen molar-refractivity contribution >= 4 is 28.6 Å². The fourth-order valence-electron chi connectivity index (χ4n) is 1.26. The summed E-state index contributed by atoms with van der Waals surface area (Å²) in [7, 11) is 0. The van der Waals surface area contributed by atoms with Crippen LogP contribution in [-0.4, -0.2) is 11.6 Å². The van der Waals surface area contributed by atoms with Crippen molar-refractivity contribution < 1.29 is 22.7 Å². The van der Waals surface area contributed by atoms with Crippen LogP contribution in [0.15, 0.2) is 18.2 Å². The summed E-state index contributed by atoms with van der Waals surface area (Å²) < 4.78 is 43.8. The quantitative estimate of drug-likeness (QED) is 0.544. The number of esters is 1. The molecule has 0 unspecified atom stereocenters. The lowest BCUT2D eigenvalue weighted by Gasteiger charge is -2.21. The Bertz CT molecular complexity index is 461. The molecule has 0 radical (unpaired) electrons. The van der Waals surface area contributed by atoms with Crippen LogP contribution in [0.25, 0.3) is 0 Å². The SMILES string of the molecule is CC(C)(C)OC(=O)c1ccc(I)cc1C(F)(F)F. The van der Waals surface area contributed by atoms with E-state index in [0.29, 0.717) is 3.57 Å². The average Bonchev–Trinajstić information content (AvgIpc) is 2.13. The Balaban J connectivity index is 3.21. The molecule has 1 rings (SSSR count). The van der Waals surface area contributed by atoms with Gasteiger partial charge < -0.3 is 4.74 Å². The summed E-state index contributed by atoms with van der Waals surface area (Å²) in [6, 6.07) is 3.51. The van der Waals surface area contributed by atoms with Crippen LogP contribution in [0.5, 0.6) is 0 Å². The van der Waals surface area contributed by atoms with Crippen LogP contribution in [0.2, 0.25) is 0 Å². The Labute approximate surface area is 117 Å². The van der Waals surface area contributed by atoms with Crippen LogP contribution in [-0.2, 0) is 10.9 Å². The van der Waals surface area contributed by atoms with Crippen LogP contribution in [0, 0.1) is 3.57 Å². The van der Waals surface area contributed by atoms with Crippen molar-refractivity contribution in [2.45, 2.75) is 32.5 Å². The third-order valence-electron chi connectivity index (χ3n) is 1.91. The van der Waals surface area contributed by atoms with E-state index in [1.165, 1.54) is 6.07 Å². The second kappa shape index (κ2) is 5.07. The maximum Gasteiger partial charge on any atom is 0.417 e. The summed E-state index contributed by atoms with van der Waals surface area (Å²) >= 11 is 1.76. The van der Waals surface area contributed by atoms with Crippen molar-refractivity contribution in [3.8, 4) is 0 Å². The zero-order valence-corrected chi connectivity index (χ0v) is 12.2. The van der Waals surface area contributed by atoms with Gasteiger partial charge in [-0.15, -0.1) is 0 Å². The number of benzene rings is 1. The van der Waals surface area contributed by atoms with Gasteiger partial charge in [0, 0.05) is 3.57 Å². The molecule has 2 nitrogen and oxygen atoms in total. The smallest absolute Gasteiger partial charge is 0.417 e. The zero-order chi connectivity index (χ0) is 14.1. The van der Waals surface area contributed by atoms with Crippen LogP contribution in [0.1, 0.15) is 36.7 Å². The number of carbonyl (C=O) groups is 1. The average molecular weight is 372 g/mol. The van der Waals surface area contributed by atoms with E-state index in [2.05, 4.69) is 0 Å². The second-order valence-electron chi connectivity index (χ2n) is 4.69. The lowest BCUT2D eigenvalue weighted by molar-refractivity contribution is -0.138. The van der Waals surface area contributed by atoms with Crippen molar-refractivity contribution in [1.29, 1.82) is 0 Å². The van der Waals surface area contributed by atoms with Crippen molar-refractivity contribution in [1.82, 2.24) is 0 Å². The van der Waals surface area contributed by atoms with E-state index in [1.807, 2.05) is 0 Å². The van der Waals surface area contributed by atoms with Crippen molar-refractivity contribution in [2.75, 3.05) is 0 Å². The van der Waals surface area contributed by atoms with Crippen LogP contribution < -0.4 is 0 Å². The molecule has 100 valence electrons. The van der Waals surface area contributed by atoms with Gasteiger partial charge in [0.1, 0.15) is 5.60 Å². The van der Waals surface area contributed by atoms with Crippen LogP contribution >= 0.6 is 22.6 Å². The van der Waals surface area contributed by atoms with Crippen LogP contribution in [0.4, 0.5) is 13.2 Å². The highest BCUT2D eigenvalue weighted by Crippen LogP contribution is 2.33. The largest absolute Gasteiger partial charge is 0.456 e. The minimum Gasteiger partial charge on any atom is -0.456 e. The van der Waals surface area contributed by atoms with Crippen molar-refractivity contribution in [2.24, 2.45) is 0 Å². The highest BCUT2D eigenvalue weighted by atomic mass is 127. The summed E-state index contributed by atoms with van der Waals surface area (Å²) in [6.45, 7) is 4.81. The molecule has 0 saturated heterocycles. The van der Waals surface area contributed by atoms with E-state index in [0.717, 1.165) is 12.1 Å². The number of ether oxygens (including phenoxy) is 1. The first-order valence-corrected chi connectivity index (χ1v) is 6.19. The minimum absolute atomic E-state index is 0.409. The predicted octanol–water partition coefficient (Wildman–Crippen LogP) is 4.27. The predicted molar refractivity (Wildman–Crippen MR) is 69.3 cm³/mol. The molecule has 0 saturated carbocycles. The molecule has 6 heteroatoms. The molecule has 0 amide bonds. The molecule has 0 atom stereocenters. The Hall–Kier alpha value is -0.790. The highest BCUT2D eigenvalue weighted by Gasteiger charge is 2.36. The third-order valence-corrected chi connectivity index (χ3v) is 2.58. The molecular weight excluding hydrogens is 360 g/mol. The Morgan fingerprint density at radius 1 is 1.22 bits per heavy atom. The highest BCUT2D eigenvalue weighted by molar-refractivity contribution is 14.1. The molecule has 1 aromatic carbocycles. The maximum absolute atomic E-state index is 12.8. The summed E-state index contributed by atoms with van der Waals surface area (Å²) in [6.07, 6.45) is -4.58. The van der Waals surface area contributed by atoms with Gasteiger partial charge >= 0.3 is 12.1 Å². The molecule has 0 bridgehead atoms. The summed E-state index contributed by atoms with van der Waals surface area (Å²) in [4.78, 5) is 11.7. The first-order valence-electron chi connectivity index (χ1n) is 5.11. The molecule has 1 aromatic rings. The number of hydrogen-bond acceptors (Lipinski definition) is 2. The molecule has 0 heterocycles. The molecular formula is C12H12F3IO2. The maximum atomic E-state index is 12.8. The van der Waals surface area contributed by atoms with E-state index >= 15 is 0 Å². The first-order chi connectivity index (χ1) is 8.00. The lowest BCUT2D eigenvalue weighted by Crippen LogP contribution is -2.25. The summed E-state index contributed by atoms with van der Waals surface area (Å²) in [5.74, 6) is -0.966. The summed E-state index contributed by atoms with van der Waals surface area (Å²) in [5.41, 5.74) is -2.26. The fraction of sp³-hybridized carbons (Fsp3) is 0.417. The molecule has 0 aliphatic heterocycles. The van der Waals surface area contributed by atoms with Gasteiger partial charge in [-0.05, 0) is 61.6 Å². The third kappa shape index (κ3) is 4.15. The standard InChI is InChI=1S/C12H12F3IO2/c1-11(2,3)18-10(17)8-5-4-7(16)6-9(8)12(13,14)15/h4-6H,1-3H3. The van der Waals surface area contributed by atoms with Gasteiger partial charge in [0.15, 0.2) is 0 Å². The topological polar surface area (TPSA) is 26.3 Å². The van der Waals surface area contributed by atoms with Gasteiger partial charge in [-0.2, -0.15) is 13.2 Å². The Kier molecular flexibility index (Phi) is 4.30. The van der Waals surface area contributed by atoms with Gasteiger partial charge in [-0.3, -0.25) is 0 Å². The molecule has 18 heavy (non-hydrogen) atoms. The number of carbonyl (C=O) groups excluding carboxylic acids is 1. The van der Waals surface area contributed by atoms with E-state index in [9.17, 15) is 18.0 Å². The molecule has 0 aromatic heterocycles. The first kappa shape index (κ1) is 15.3. The van der Waals surface area contributed by atoms with E-state index in [1.54, 1.807) is 43.4 Å². The molecule has 0 spiro atoms. The minimum atomic E-state index is -4.58. The normalized spacial score (nSPS) is 12.4. The van der Waals surface area contributed by atoms with Gasteiger partial charge in [-0.25, -0.2) is 4.79 Å². The van der Waals surface area contributed by atoms with Gasteiger partial charge in [0.25, 0.3) is 0 Å². The molecule has 0 aliphatic rings. The van der Waals surface area contributed by atoms with E-state index in [4.69, 9.17) is 4.74 Å². The Morgan fingerprint density at radius 2 is 1.78 bits per heavy atom. The van der Waals surface area contributed by atoms with Crippen molar-refractivity contribution in [3.05, 3.63) is 32.9 Å². The molecule has 0 fully saturated rings. The molecule has 0 N–H and O–H groups in total. The number of rotatable bonds is 1. The van der Waals surface area contributed by atoms with Crippen LogP contribution in [0.3, 0.4) is 0 Å². The van der Waals surface area contributed by atoms with Gasteiger partial charge in [0.2, 0.25) is 0 Å². The fourth-order valence-corrected chi connectivity index (χ4v) is 1.75. The number of hydrogen-bond donors (Lipinski definition) is 0.